The second-order valence-corrected chi connectivity index (χ2v) is 13.6. The van der Waals surface area contributed by atoms with Gasteiger partial charge in [-0.3, -0.25) is 0 Å². The van der Waals surface area contributed by atoms with E-state index in [1.54, 1.807) is 6.92 Å². The Balaban J connectivity index is 5.14. The summed E-state index contributed by atoms with van der Waals surface area (Å²) in [5, 5.41) is 0. The normalized spacial score (nSPS) is 14.6. The Morgan fingerprint density at radius 3 is 2.03 bits per heavy atom. The van der Waals surface area contributed by atoms with Crippen LogP contribution < -0.4 is 0 Å². The maximum atomic E-state index is 12.1. The van der Waals surface area contributed by atoms with E-state index < -0.39 is 8.32 Å². The molecule has 2 unspecified atom stereocenters. The van der Waals surface area contributed by atoms with E-state index in [2.05, 4.69) is 41.2 Å². The number of esters is 1. The van der Waals surface area contributed by atoms with Gasteiger partial charge in [-0.25, -0.2) is 4.79 Å². The maximum absolute atomic E-state index is 12.1. The molecule has 0 bridgehead atoms. The van der Waals surface area contributed by atoms with Gasteiger partial charge in [0.2, 0.25) is 0 Å². The van der Waals surface area contributed by atoms with Crippen LogP contribution in [0.4, 0.5) is 0 Å². The summed E-state index contributed by atoms with van der Waals surface area (Å²) in [6, 6.07) is 2.34. The van der Waals surface area contributed by atoms with E-state index >= 15 is 0 Å². The molecule has 0 spiro atoms. The highest BCUT2D eigenvalue weighted by Crippen LogP contribution is 2.35. The van der Waals surface area contributed by atoms with E-state index in [4.69, 9.17) is 9.16 Å². The van der Waals surface area contributed by atoms with Crippen LogP contribution in [0, 0.1) is 0 Å². The van der Waals surface area contributed by atoms with Crippen LogP contribution in [0.3, 0.4) is 0 Å². The van der Waals surface area contributed by atoms with Gasteiger partial charge in [-0.05, 0) is 43.8 Å². The van der Waals surface area contributed by atoms with Gasteiger partial charge in [-0.15, -0.1) is 0 Å². The molecule has 0 N–H and O–H groups in total. The van der Waals surface area contributed by atoms with Crippen molar-refractivity contribution in [3.05, 3.63) is 12.2 Å². The summed E-state index contributed by atoms with van der Waals surface area (Å²) in [7, 11) is -1.87. The van der Waals surface area contributed by atoms with Crippen LogP contribution in [0.15, 0.2) is 12.2 Å². The zero-order valence-corrected chi connectivity index (χ0v) is 21.5. The molecule has 0 saturated carbocycles. The molecular formula is C25H50O3Si. The maximum Gasteiger partial charge on any atom is 0.333 e. The van der Waals surface area contributed by atoms with Crippen LogP contribution >= 0.6 is 0 Å². The van der Waals surface area contributed by atoms with Crippen molar-refractivity contribution in [1.29, 1.82) is 0 Å². The Bertz CT molecular complexity index is 422. The van der Waals surface area contributed by atoms with Gasteiger partial charge in [0, 0.05) is 12.2 Å². The predicted octanol–water partition coefficient (Wildman–Crippen LogP) is 8.20. The van der Waals surface area contributed by atoms with Crippen molar-refractivity contribution < 1.29 is 14.0 Å². The van der Waals surface area contributed by atoms with Crippen LogP contribution in [0.25, 0.3) is 0 Å². The van der Waals surface area contributed by atoms with Crippen molar-refractivity contribution in [2.45, 2.75) is 136 Å². The third-order valence-corrected chi connectivity index (χ3v) is 11.3. The molecule has 0 aliphatic carbocycles. The first-order chi connectivity index (χ1) is 13.8. The largest absolute Gasteiger partial charge is 0.459 e. The second-order valence-electron chi connectivity index (χ2n) is 9.07. The molecule has 3 nitrogen and oxygen atoms in total. The lowest BCUT2D eigenvalue weighted by Gasteiger charge is -2.36. The van der Waals surface area contributed by atoms with E-state index in [0.29, 0.717) is 11.1 Å². The minimum atomic E-state index is -1.87. The molecule has 0 aromatic carbocycles. The third kappa shape index (κ3) is 12.6. The molecule has 0 aliphatic rings. The second kappa shape index (κ2) is 17.1. The van der Waals surface area contributed by atoms with Crippen molar-refractivity contribution in [3.63, 3.8) is 0 Å². The van der Waals surface area contributed by atoms with Crippen molar-refractivity contribution in [1.82, 2.24) is 0 Å². The molecule has 0 heterocycles. The molecule has 2 atom stereocenters. The summed E-state index contributed by atoms with van der Waals surface area (Å²) in [6.07, 6.45) is 12.9. The summed E-state index contributed by atoms with van der Waals surface area (Å²) >= 11 is 0. The average Bonchev–Trinajstić information content (AvgIpc) is 2.69. The quantitative estimate of drug-likeness (QED) is 0.0903. The highest BCUT2D eigenvalue weighted by atomic mass is 28.4. The highest BCUT2D eigenvalue weighted by molar-refractivity contribution is 6.75. The Hall–Kier alpha value is -0.613. The SMILES string of the molecule is C=C(C)C(=O)OC(CCCC)CC[Si](CCCCCC)(OCCCCC)C(C)C. The molecular weight excluding hydrogens is 376 g/mol. The summed E-state index contributed by atoms with van der Waals surface area (Å²) in [4.78, 5) is 12.1. The van der Waals surface area contributed by atoms with E-state index in [1.165, 1.54) is 44.6 Å². The fourth-order valence-electron chi connectivity index (χ4n) is 3.84. The minimum Gasteiger partial charge on any atom is -0.459 e. The molecule has 0 fully saturated rings. The van der Waals surface area contributed by atoms with E-state index in [1.807, 2.05) is 0 Å². The average molecular weight is 427 g/mol. The summed E-state index contributed by atoms with van der Waals surface area (Å²) in [5.41, 5.74) is 1.09. The number of carbonyl (C=O) groups excluding carboxylic acids is 1. The molecule has 0 rings (SSSR count). The first-order valence-electron chi connectivity index (χ1n) is 12.3. The lowest BCUT2D eigenvalue weighted by atomic mass is 10.1. The van der Waals surface area contributed by atoms with Crippen LogP contribution in [0.5, 0.6) is 0 Å². The molecule has 172 valence electrons. The Morgan fingerprint density at radius 1 is 0.862 bits per heavy atom. The van der Waals surface area contributed by atoms with Gasteiger partial charge in [0.05, 0.1) is 0 Å². The van der Waals surface area contributed by atoms with Gasteiger partial charge in [0.15, 0.2) is 8.32 Å². The Kier molecular flexibility index (Phi) is 16.7. The van der Waals surface area contributed by atoms with E-state index in [9.17, 15) is 4.79 Å². The summed E-state index contributed by atoms with van der Waals surface area (Å²) in [6.45, 7) is 17.8. The van der Waals surface area contributed by atoms with E-state index in [0.717, 1.165) is 44.8 Å². The van der Waals surface area contributed by atoms with Gasteiger partial charge in [-0.2, -0.15) is 0 Å². The minimum absolute atomic E-state index is 0.000316. The molecule has 0 saturated heterocycles. The van der Waals surface area contributed by atoms with Crippen molar-refractivity contribution in [3.8, 4) is 0 Å². The van der Waals surface area contributed by atoms with Crippen molar-refractivity contribution >= 4 is 14.3 Å². The van der Waals surface area contributed by atoms with Gasteiger partial charge in [0.25, 0.3) is 0 Å². The smallest absolute Gasteiger partial charge is 0.333 e. The number of ether oxygens (including phenoxy) is 1. The zero-order valence-electron chi connectivity index (χ0n) is 20.5. The number of hydrogen-bond donors (Lipinski definition) is 0. The number of hydrogen-bond acceptors (Lipinski definition) is 3. The fraction of sp³-hybridized carbons (Fsp3) is 0.880. The Morgan fingerprint density at radius 2 is 1.48 bits per heavy atom. The van der Waals surface area contributed by atoms with Gasteiger partial charge < -0.3 is 9.16 Å². The monoisotopic (exact) mass is 426 g/mol. The third-order valence-electron chi connectivity index (χ3n) is 6.03. The van der Waals surface area contributed by atoms with E-state index in [-0.39, 0.29) is 12.1 Å². The number of rotatable bonds is 19. The molecule has 0 aromatic heterocycles. The van der Waals surface area contributed by atoms with Crippen LogP contribution in [-0.2, 0) is 14.0 Å². The molecule has 0 aliphatic heterocycles. The fourth-order valence-corrected chi connectivity index (χ4v) is 8.08. The molecule has 4 heteroatoms. The lowest BCUT2D eigenvalue weighted by Crippen LogP contribution is -2.43. The first-order valence-corrected chi connectivity index (χ1v) is 14.7. The molecule has 0 radical (unpaired) electrons. The predicted molar refractivity (Wildman–Crippen MR) is 129 cm³/mol. The van der Waals surface area contributed by atoms with Gasteiger partial charge >= 0.3 is 5.97 Å². The Labute approximate surface area is 183 Å². The molecule has 0 aromatic rings. The standard InChI is InChI=1S/C25H50O3Si/c1-8-11-14-16-20-29(23(6)7,27-19-15-12-9-2)21-18-24(17-13-10-3)28-25(26)22(4)5/h23-24H,4,8-21H2,1-3,5-7H3. The van der Waals surface area contributed by atoms with Gasteiger partial charge in [0.1, 0.15) is 6.10 Å². The highest BCUT2D eigenvalue weighted by Gasteiger charge is 2.38. The molecule has 0 amide bonds. The number of unbranched alkanes of at least 4 members (excludes halogenated alkanes) is 6. The topological polar surface area (TPSA) is 35.5 Å². The molecule has 29 heavy (non-hydrogen) atoms. The zero-order chi connectivity index (χ0) is 22.1. The first kappa shape index (κ1) is 28.4. The van der Waals surface area contributed by atoms with Crippen molar-refractivity contribution in [2.24, 2.45) is 0 Å². The van der Waals surface area contributed by atoms with Crippen LogP contribution in [-0.4, -0.2) is 27.0 Å². The van der Waals surface area contributed by atoms with Crippen LogP contribution in [0.1, 0.15) is 112 Å². The van der Waals surface area contributed by atoms with Crippen molar-refractivity contribution in [2.75, 3.05) is 6.61 Å². The summed E-state index contributed by atoms with van der Waals surface area (Å²) < 4.78 is 12.6. The summed E-state index contributed by atoms with van der Waals surface area (Å²) in [5.74, 6) is -0.241. The number of carbonyl (C=O) groups is 1. The lowest BCUT2D eigenvalue weighted by molar-refractivity contribution is -0.144. The van der Waals surface area contributed by atoms with Crippen LogP contribution in [0.2, 0.25) is 17.6 Å². The van der Waals surface area contributed by atoms with Gasteiger partial charge in [-0.1, -0.05) is 92.6 Å².